The van der Waals surface area contributed by atoms with E-state index in [2.05, 4.69) is 4.98 Å². The Kier molecular flexibility index (Phi) is 4.95. The summed E-state index contributed by atoms with van der Waals surface area (Å²) >= 11 is 5.50. The second-order valence-corrected chi connectivity index (χ2v) is 2.05. The van der Waals surface area contributed by atoms with Gasteiger partial charge < -0.3 is 0 Å². The lowest BCUT2D eigenvalue weighted by Gasteiger charge is -1.87. The Bertz CT molecular complexity index is 148. The topological polar surface area (TPSA) is 12.9 Å². The van der Waals surface area contributed by atoms with Gasteiger partial charge in [0.05, 0.1) is 0 Å². The highest BCUT2D eigenvalue weighted by atomic mass is 35.5. The van der Waals surface area contributed by atoms with Gasteiger partial charge >= 0.3 is 0 Å². The summed E-state index contributed by atoms with van der Waals surface area (Å²) in [5.41, 5.74) is 1.13. The van der Waals surface area contributed by atoms with Gasteiger partial charge in [0.2, 0.25) is 0 Å². The van der Waals surface area contributed by atoms with Crippen molar-refractivity contribution in [2.24, 2.45) is 0 Å². The normalized spacial score (nSPS) is 8.00. The fourth-order valence-corrected chi connectivity index (χ4v) is 0.562. The van der Waals surface area contributed by atoms with E-state index < -0.39 is 0 Å². The minimum atomic E-state index is 0.551. The first-order valence-electron chi connectivity index (χ1n) is 3.37. The number of aryl methyl sites for hydroxylation is 1. The Balaban J connectivity index is 0.000000371. The van der Waals surface area contributed by atoms with Crippen LogP contribution in [0.5, 0.6) is 0 Å². The third-order valence-electron chi connectivity index (χ3n) is 0.875. The Morgan fingerprint density at radius 2 is 1.90 bits per heavy atom. The van der Waals surface area contributed by atoms with Crippen molar-refractivity contribution in [3.63, 3.8) is 0 Å². The average molecular weight is 158 g/mol. The summed E-state index contributed by atoms with van der Waals surface area (Å²) in [6, 6.07) is 3.70. The zero-order valence-electron chi connectivity index (χ0n) is 6.56. The molecule has 0 aromatic carbocycles. The van der Waals surface area contributed by atoms with Crippen LogP contribution in [0.3, 0.4) is 0 Å². The third-order valence-corrected chi connectivity index (χ3v) is 1.10. The molecule has 1 aromatic rings. The van der Waals surface area contributed by atoms with Crippen LogP contribution in [0.15, 0.2) is 18.3 Å². The number of aromatic nitrogens is 1. The van der Waals surface area contributed by atoms with E-state index in [0.717, 1.165) is 5.56 Å². The fourth-order valence-electron chi connectivity index (χ4n) is 0.450. The third kappa shape index (κ3) is 3.46. The lowest BCUT2D eigenvalue weighted by molar-refractivity contribution is 1.27. The van der Waals surface area contributed by atoms with Crippen molar-refractivity contribution in [3.05, 3.63) is 29.0 Å². The molecule has 0 bridgehead atoms. The number of rotatable bonds is 0. The van der Waals surface area contributed by atoms with Crippen molar-refractivity contribution in [3.8, 4) is 0 Å². The van der Waals surface area contributed by atoms with E-state index in [1.807, 2.05) is 26.8 Å². The number of nitrogens with zero attached hydrogens (tertiary/aromatic N) is 1. The predicted octanol–water partition coefficient (Wildman–Crippen LogP) is 3.07. The molecule has 0 saturated carbocycles. The number of hydrogen-bond donors (Lipinski definition) is 0. The molecule has 0 aliphatic heterocycles. The summed E-state index contributed by atoms with van der Waals surface area (Å²) in [6.07, 6.45) is 1.74. The second kappa shape index (κ2) is 5.24. The number of hydrogen-bond acceptors (Lipinski definition) is 1. The van der Waals surface area contributed by atoms with Crippen molar-refractivity contribution in [1.82, 2.24) is 4.98 Å². The summed E-state index contributed by atoms with van der Waals surface area (Å²) in [7, 11) is 0. The van der Waals surface area contributed by atoms with Gasteiger partial charge in [-0.2, -0.15) is 0 Å². The van der Waals surface area contributed by atoms with Crippen molar-refractivity contribution in [1.29, 1.82) is 0 Å². The van der Waals surface area contributed by atoms with Gasteiger partial charge in [0.1, 0.15) is 5.15 Å². The van der Waals surface area contributed by atoms with Crippen LogP contribution in [0.25, 0.3) is 0 Å². The van der Waals surface area contributed by atoms with Crippen LogP contribution < -0.4 is 0 Å². The lowest BCUT2D eigenvalue weighted by atomic mass is 10.3. The molecule has 0 atom stereocenters. The standard InChI is InChI=1S/C6H6ClN.C2H6/c1-5-2-3-6(7)8-4-5;1-2/h2-4H,1H3;1-2H3. The van der Waals surface area contributed by atoms with Crippen molar-refractivity contribution < 1.29 is 0 Å². The van der Waals surface area contributed by atoms with Gasteiger partial charge in [-0.3, -0.25) is 0 Å². The van der Waals surface area contributed by atoms with Crippen molar-refractivity contribution in [2.75, 3.05) is 0 Å². The maximum atomic E-state index is 5.50. The molecule has 56 valence electrons. The molecule has 2 heteroatoms. The zero-order valence-corrected chi connectivity index (χ0v) is 7.31. The molecule has 0 N–H and O–H groups in total. The molecule has 1 heterocycles. The zero-order chi connectivity index (χ0) is 7.98. The fraction of sp³-hybridized carbons (Fsp3) is 0.375. The molecular formula is C8H12ClN. The SMILES string of the molecule is CC.Cc1ccc(Cl)nc1. The van der Waals surface area contributed by atoms with Gasteiger partial charge in [-0.1, -0.05) is 31.5 Å². The quantitative estimate of drug-likeness (QED) is 0.528. The largest absolute Gasteiger partial charge is 0.244 e. The van der Waals surface area contributed by atoms with E-state index in [1.165, 1.54) is 0 Å². The minimum Gasteiger partial charge on any atom is -0.244 e. The molecule has 0 fully saturated rings. The summed E-state index contributed by atoms with van der Waals surface area (Å²) in [5, 5.41) is 0.551. The first-order chi connectivity index (χ1) is 4.79. The van der Waals surface area contributed by atoms with Gasteiger partial charge in [-0.05, 0) is 18.6 Å². The molecule has 0 amide bonds. The molecule has 0 radical (unpaired) electrons. The molecule has 0 spiro atoms. The molecule has 0 aliphatic carbocycles. The summed E-state index contributed by atoms with van der Waals surface area (Å²) in [6.45, 7) is 5.98. The van der Waals surface area contributed by atoms with Gasteiger partial charge in [0.25, 0.3) is 0 Å². The van der Waals surface area contributed by atoms with Gasteiger partial charge in [0.15, 0.2) is 0 Å². The molecule has 1 nitrogen and oxygen atoms in total. The first-order valence-corrected chi connectivity index (χ1v) is 3.75. The van der Waals surface area contributed by atoms with Crippen LogP contribution in [-0.2, 0) is 0 Å². The monoisotopic (exact) mass is 157 g/mol. The Morgan fingerprint density at radius 1 is 1.30 bits per heavy atom. The summed E-state index contributed by atoms with van der Waals surface area (Å²) in [5.74, 6) is 0. The van der Waals surface area contributed by atoms with Gasteiger partial charge in [-0.15, -0.1) is 0 Å². The van der Waals surface area contributed by atoms with E-state index in [-0.39, 0.29) is 0 Å². The van der Waals surface area contributed by atoms with Crippen LogP contribution in [0.2, 0.25) is 5.15 Å². The van der Waals surface area contributed by atoms with Crippen LogP contribution in [0, 0.1) is 6.92 Å². The van der Waals surface area contributed by atoms with E-state index in [4.69, 9.17) is 11.6 Å². The van der Waals surface area contributed by atoms with Gasteiger partial charge in [-0.25, -0.2) is 4.98 Å². The highest BCUT2D eigenvalue weighted by Crippen LogP contribution is 2.02. The van der Waals surface area contributed by atoms with Crippen LogP contribution in [0.1, 0.15) is 19.4 Å². The van der Waals surface area contributed by atoms with Crippen LogP contribution >= 0.6 is 11.6 Å². The highest BCUT2D eigenvalue weighted by molar-refractivity contribution is 6.29. The molecule has 0 saturated heterocycles. The summed E-state index contributed by atoms with van der Waals surface area (Å²) in [4.78, 5) is 3.84. The molecule has 10 heavy (non-hydrogen) atoms. The van der Waals surface area contributed by atoms with Gasteiger partial charge in [0, 0.05) is 6.20 Å². The van der Waals surface area contributed by atoms with E-state index in [0.29, 0.717) is 5.15 Å². The summed E-state index contributed by atoms with van der Waals surface area (Å²) < 4.78 is 0. The molecule has 1 aromatic heterocycles. The Hall–Kier alpha value is -0.560. The Morgan fingerprint density at radius 3 is 2.20 bits per heavy atom. The minimum absolute atomic E-state index is 0.551. The second-order valence-electron chi connectivity index (χ2n) is 1.66. The van der Waals surface area contributed by atoms with E-state index in [9.17, 15) is 0 Å². The molecule has 0 unspecified atom stereocenters. The number of pyridine rings is 1. The van der Waals surface area contributed by atoms with Crippen molar-refractivity contribution >= 4 is 11.6 Å². The van der Waals surface area contributed by atoms with Crippen molar-refractivity contribution in [2.45, 2.75) is 20.8 Å². The average Bonchev–Trinajstić information content (AvgIpc) is 2.00. The van der Waals surface area contributed by atoms with E-state index >= 15 is 0 Å². The lowest BCUT2D eigenvalue weighted by Crippen LogP contribution is -1.73. The highest BCUT2D eigenvalue weighted by Gasteiger charge is 1.83. The first kappa shape index (κ1) is 9.44. The molecule has 0 aliphatic rings. The molecule has 1 rings (SSSR count). The molecular weight excluding hydrogens is 146 g/mol. The van der Waals surface area contributed by atoms with Crippen LogP contribution in [-0.4, -0.2) is 4.98 Å². The van der Waals surface area contributed by atoms with Crippen LogP contribution in [0.4, 0.5) is 0 Å². The Labute approximate surface area is 67.1 Å². The maximum absolute atomic E-state index is 5.50. The number of halogens is 1. The predicted molar refractivity (Wildman–Crippen MR) is 45.3 cm³/mol. The maximum Gasteiger partial charge on any atom is 0.129 e. The smallest absolute Gasteiger partial charge is 0.129 e. The van der Waals surface area contributed by atoms with E-state index in [1.54, 1.807) is 12.3 Å².